The Morgan fingerprint density at radius 2 is 2.20 bits per heavy atom. The van der Waals surface area contributed by atoms with Crippen LogP contribution in [0.25, 0.3) is 0 Å². The van der Waals surface area contributed by atoms with Gasteiger partial charge in [-0.1, -0.05) is 13.8 Å². The van der Waals surface area contributed by atoms with Gasteiger partial charge in [-0.05, 0) is 25.3 Å². The van der Waals surface area contributed by atoms with E-state index < -0.39 is 0 Å². The fraction of sp³-hybridized carbons (Fsp3) is 0.867. The predicted octanol–water partition coefficient (Wildman–Crippen LogP) is 0.455. The van der Waals surface area contributed by atoms with E-state index in [0.29, 0.717) is 24.8 Å². The van der Waals surface area contributed by atoms with Crippen molar-refractivity contribution in [3.05, 3.63) is 0 Å². The highest BCUT2D eigenvalue weighted by Crippen LogP contribution is 2.37. The lowest BCUT2D eigenvalue weighted by molar-refractivity contribution is -0.148. The van der Waals surface area contributed by atoms with E-state index in [1.165, 1.54) is 0 Å². The summed E-state index contributed by atoms with van der Waals surface area (Å²) in [5.41, 5.74) is -0.231. The van der Waals surface area contributed by atoms with Gasteiger partial charge in [0.15, 0.2) is 0 Å². The molecule has 2 atom stereocenters. The molecule has 5 nitrogen and oxygen atoms in total. The third-order valence-corrected chi connectivity index (χ3v) is 5.50. The zero-order valence-corrected chi connectivity index (χ0v) is 12.5. The summed E-state index contributed by atoms with van der Waals surface area (Å²) < 4.78 is 0. The van der Waals surface area contributed by atoms with Crippen LogP contribution in [0.3, 0.4) is 0 Å². The molecular weight excluding hydrogens is 254 g/mol. The summed E-state index contributed by atoms with van der Waals surface area (Å²) >= 11 is 0. The van der Waals surface area contributed by atoms with Crippen LogP contribution in [0.5, 0.6) is 0 Å². The lowest BCUT2D eigenvalue weighted by Gasteiger charge is -2.42. The van der Waals surface area contributed by atoms with Gasteiger partial charge in [0.05, 0.1) is 5.41 Å². The van der Waals surface area contributed by atoms with Gasteiger partial charge in [0.2, 0.25) is 11.8 Å². The quantitative estimate of drug-likeness (QED) is 0.799. The van der Waals surface area contributed by atoms with E-state index in [4.69, 9.17) is 0 Å². The zero-order valence-electron chi connectivity index (χ0n) is 12.5. The number of carbonyl (C=O) groups is 2. The van der Waals surface area contributed by atoms with Crippen molar-refractivity contribution in [2.24, 2.45) is 11.3 Å². The van der Waals surface area contributed by atoms with Gasteiger partial charge in [0.1, 0.15) is 0 Å². The molecule has 3 aliphatic rings. The number of rotatable bonds is 2. The molecule has 0 saturated carbocycles. The summed E-state index contributed by atoms with van der Waals surface area (Å²) in [5, 5.41) is 3.36. The van der Waals surface area contributed by atoms with Crippen molar-refractivity contribution in [3.8, 4) is 0 Å². The SMILES string of the molecule is CC(C)C1(C(=O)N2CCN3C(=O)CCC3C2)CCNC1. The van der Waals surface area contributed by atoms with Crippen molar-refractivity contribution in [3.63, 3.8) is 0 Å². The Balaban J connectivity index is 1.73. The summed E-state index contributed by atoms with van der Waals surface area (Å²) in [7, 11) is 0. The summed E-state index contributed by atoms with van der Waals surface area (Å²) in [6.45, 7) is 8.20. The third kappa shape index (κ3) is 2.03. The van der Waals surface area contributed by atoms with Crippen molar-refractivity contribution in [2.75, 3.05) is 32.7 Å². The lowest BCUT2D eigenvalue weighted by Crippen LogP contribution is -2.57. The van der Waals surface area contributed by atoms with Crippen molar-refractivity contribution in [1.82, 2.24) is 15.1 Å². The second kappa shape index (κ2) is 5.02. The Bertz CT molecular complexity index is 415. The maximum absolute atomic E-state index is 13.0. The molecule has 1 N–H and O–H groups in total. The van der Waals surface area contributed by atoms with Gasteiger partial charge in [-0.2, -0.15) is 0 Å². The highest BCUT2D eigenvalue weighted by atomic mass is 16.2. The Labute approximate surface area is 120 Å². The molecule has 3 rings (SSSR count). The maximum Gasteiger partial charge on any atom is 0.230 e. The number of piperazine rings is 1. The summed E-state index contributed by atoms with van der Waals surface area (Å²) in [6, 6.07) is 0.263. The predicted molar refractivity (Wildman–Crippen MR) is 76.1 cm³/mol. The van der Waals surface area contributed by atoms with Crippen LogP contribution in [0, 0.1) is 11.3 Å². The van der Waals surface area contributed by atoms with Gasteiger partial charge in [-0.3, -0.25) is 9.59 Å². The first-order chi connectivity index (χ1) is 9.54. The Hall–Kier alpha value is -1.10. The van der Waals surface area contributed by atoms with Gasteiger partial charge in [-0.15, -0.1) is 0 Å². The highest BCUT2D eigenvalue weighted by Gasteiger charge is 2.48. The van der Waals surface area contributed by atoms with Crippen LogP contribution in [0.15, 0.2) is 0 Å². The van der Waals surface area contributed by atoms with Gasteiger partial charge in [-0.25, -0.2) is 0 Å². The number of nitrogens with zero attached hydrogens (tertiary/aromatic N) is 2. The topological polar surface area (TPSA) is 52.7 Å². The van der Waals surface area contributed by atoms with Crippen LogP contribution in [0.1, 0.15) is 33.1 Å². The first-order valence-electron chi connectivity index (χ1n) is 7.84. The molecule has 0 bridgehead atoms. The highest BCUT2D eigenvalue weighted by molar-refractivity contribution is 5.85. The molecule has 0 radical (unpaired) electrons. The summed E-state index contributed by atoms with van der Waals surface area (Å²) in [5.74, 6) is 0.924. The van der Waals surface area contributed by atoms with E-state index in [9.17, 15) is 9.59 Å². The second-order valence-electron chi connectivity index (χ2n) is 6.77. The van der Waals surface area contributed by atoms with E-state index >= 15 is 0 Å². The fourth-order valence-electron chi connectivity index (χ4n) is 4.00. The van der Waals surface area contributed by atoms with Crippen molar-refractivity contribution < 1.29 is 9.59 Å². The maximum atomic E-state index is 13.0. The Morgan fingerprint density at radius 3 is 2.85 bits per heavy atom. The molecular formula is C15H25N3O2. The van der Waals surface area contributed by atoms with Crippen LogP contribution in [-0.4, -0.2) is 60.4 Å². The molecule has 5 heteroatoms. The van der Waals surface area contributed by atoms with Crippen LogP contribution in [0.4, 0.5) is 0 Å². The average Bonchev–Trinajstić information content (AvgIpc) is 3.06. The Morgan fingerprint density at radius 1 is 1.40 bits per heavy atom. The first kappa shape index (κ1) is 13.9. The molecule has 3 fully saturated rings. The molecule has 0 spiro atoms. The molecule has 20 heavy (non-hydrogen) atoms. The van der Waals surface area contributed by atoms with E-state index in [2.05, 4.69) is 19.2 Å². The minimum Gasteiger partial charge on any atom is -0.338 e. The fourth-order valence-corrected chi connectivity index (χ4v) is 4.00. The van der Waals surface area contributed by atoms with E-state index in [0.717, 1.165) is 39.0 Å². The molecule has 0 aromatic rings. The van der Waals surface area contributed by atoms with Gasteiger partial charge < -0.3 is 15.1 Å². The van der Waals surface area contributed by atoms with Crippen LogP contribution >= 0.6 is 0 Å². The summed E-state index contributed by atoms with van der Waals surface area (Å²) in [6.07, 6.45) is 2.51. The summed E-state index contributed by atoms with van der Waals surface area (Å²) in [4.78, 5) is 28.7. The molecule has 3 saturated heterocycles. The number of hydrogen-bond donors (Lipinski definition) is 1. The molecule has 112 valence electrons. The molecule has 2 amide bonds. The van der Waals surface area contributed by atoms with Crippen LogP contribution < -0.4 is 5.32 Å². The van der Waals surface area contributed by atoms with Gasteiger partial charge >= 0.3 is 0 Å². The van der Waals surface area contributed by atoms with Crippen LogP contribution in [0.2, 0.25) is 0 Å². The molecule has 3 heterocycles. The van der Waals surface area contributed by atoms with Crippen LogP contribution in [-0.2, 0) is 9.59 Å². The number of hydrogen-bond acceptors (Lipinski definition) is 3. The smallest absolute Gasteiger partial charge is 0.230 e. The van der Waals surface area contributed by atoms with Crippen molar-refractivity contribution in [1.29, 1.82) is 0 Å². The van der Waals surface area contributed by atoms with E-state index in [1.54, 1.807) is 0 Å². The number of fused-ring (bicyclic) bond motifs is 1. The standard InChI is InChI=1S/C15H25N3O2/c1-11(2)15(5-6-16-10-15)14(20)17-7-8-18-12(9-17)3-4-13(18)19/h11-12,16H,3-10H2,1-2H3. The zero-order chi connectivity index (χ0) is 14.3. The first-order valence-corrected chi connectivity index (χ1v) is 7.84. The second-order valence-corrected chi connectivity index (χ2v) is 6.77. The van der Waals surface area contributed by atoms with Crippen molar-refractivity contribution in [2.45, 2.75) is 39.2 Å². The molecule has 0 aromatic carbocycles. The normalized spacial score (nSPS) is 34.0. The van der Waals surface area contributed by atoms with Crippen molar-refractivity contribution >= 4 is 11.8 Å². The minimum absolute atomic E-state index is 0.231. The minimum atomic E-state index is -0.231. The van der Waals surface area contributed by atoms with E-state index in [-0.39, 0.29) is 17.4 Å². The molecule has 0 aromatic heterocycles. The molecule has 2 unspecified atom stereocenters. The lowest BCUT2D eigenvalue weighted by atomic mass is 9.75. The molecule has 0 aliphatic carbocycles. The number of amides is 2. The van der Waals surface area contributed by atoms with E-state index in [1.807, 2.05) is 9.80 Å². The third-order valence-electron chi connectivity index (χ3n) is 5.50. The average molecular weight is 279 g/mol. The number of nitrogens with one attached hydrogen (secondary N) is 1. The monoisotopic (exact) mass is 279 g/mol. The largest absolute Gasteiger partial charge is 0.338 e. The van der Waals surface area contributed by atoms with Gasteiger partial charge in [0.25, 0.3) is 0 Å². The molecule has 3 aliphatic heterocycles. The number of carbonyl (C=O) groups excluding carboxylic acids is 2. The van der Waals surface area contributed by atoms with Gasteiger partial charge in [0, 0.05) is 38.6 Å². The Kier molecular flexibility index (Phi) is 3.48.